The van der Waals surface area contributed by atoms with E-state index in [1.54, 1.807) is 10.9 Å². The Balaban J connectivity index is 2.62. The van der Waals surface area contributed by atoms with Gasteiger partial charge in [0.1, 0.15) is 11.2 Å². The van der Waals surface area contributed by atoms with Crippen LogP contribution < -0.4 is 10.4 Å². The van der Waals surface area contributed by atoms with Crippen molar-refractivity contribution in [3.05, 3.63) is 41.6 Å². The molecule has 2 aromatic rings. The third kappa shape index (κ3) is 1.99. The molecule has 0 unspecified atom stereocenters. The maximum atomic E-state index is 6.14. The molecule has 0 aliphatic heterocycles. The molecule has 1 aromatic heterocycles. The van der Waals surface area contributed by atoms with Gasteiger partial charge in [-0.15, -0.1) is 0 Å². The van der Waals surface area contributed by atoms with Gasteiger partial charge >= 0.3 is 0 Å². The summed E-state index contributed by atoms with van der Waals surface area (Å²) in [6, 6.07) is 9.82. The van der Waals surface area contributed by atoms with Crippen molar-refractivity contribution in [3.63, 3.8) is 0 Å². The summed E-state index contributed by atoms with van der Waals surface area (Å²) in [5.41, 5.74) is 7.19. The van der Waals surface area contributed by atoms with Gasteiger partial charge < -0.3 is 5.73 Å². The van der Waals surface area contributed by atoms with E-state index in [0.717, 1.165) is 10.7 Å². The Morgan fingerprint density at radius 1 is 1.31 bits per heavy atom. The molecule has 0 bridgehead atoms. The summed E-state index contributed by atoms with van der Waals surface area (Å²) in [5.74, 6) is 0. The fraction of sp³-hybridized carbons (Fsp3) is 0.0909. The number of thioether (sulfide) groups is 1. The van der Waals surface area contributed by atoms with E-state index in [1.165, 1.54) is 11.8 Å². The Morgan fingerprint density at radius 3 is 2.62 bits per heavy atom. The van der Waals surface area contributed by atoms with Gasteiger partial charge in [0, 0.05) is 17.2 Å². The van der Waals surface area contributed by atoms with Crippen molar-refractivity contribution in [1.29, 1.82) is 0 Å². The molecule has 1 heterocycles. The van der Waals surface area contributed by atoms with Gasteiger partial charge in [0.2, 0.25) is 5.69 Å². The SMILES string of the molecule is CSc1c(Cl)c(N)cn[n+]1-c1ccccc1. The lowest BCUT2D eigenvalue weighted by Gasteiger charge is -2.01. The van der Waals surface area contributed by atoms with Crippen LogP contribution in [0.25, 0.3) is 5.69 Å². The van der Waals surface area contributed by atoms with Crippen molar-refractivity contribution < 1.29 is 4.68 Å². The Labute approximate surface area is 103 Å². The Hall–Kier alpha value is -1.26. The highest BCUT2D eigenvalue weighted by molar-refractivity contribution is 7.98. The molecular weight excluding hydrogens is 242 g/mol. The van der Waals surface area contributed by atoms with Crippen LogP contribution in [-0.4, -0.2) is 11.4 Å². The molecule has 5 heteroatoms. The molecule has 0 radical (unpaired) electrons. The summed E-state index contributed by atoms with van der Waals surface area (Å²) in [6.07, 6.45) is 3.51. The Kier molecular flexibility index (Phi) is 3.31. The highest BCUT2D eigenvalue weighted by Gasteiger charge is 2.20. The minimum atomic E-state index is 0.498. The van der Waals surface area contributed by atoms with Crippen LogP contribution in [0.1, 0.15) is 0 Å². The lowest BCUT2D eigenvalue weighted by Crippen LogP contribution is -2.38. The second kappa shape index (κ2) is 4.72. The van der Waals surface area contributed by atoms with E-state index in [-0.39, 0.29) is 0 Å². The maximum Gasteiger partial charge on any atom is 0.293 e. The predicted octanol–water partition coefficient (Wildman–Crippen LogP) is 2.32. The Bertz CT molecular complexity index is 502. The average Bonchev–Trinajstić information content (AvgIpc) is 2.33. The quantitative estimate of drug-likeness (QED) is 0.659. The van der Waals surface area contributed by atoms with Crippen molar-refractivity contribution in [2.75, 3.05) is 12.0 Å². The number of nitrogen functional groups attached to an aromatic ring is 1. The zero-order chi connectivity index (χ0) is 11.5. The number of nitrogens with two attached hydrogens (primary N) is 1. The molecule has 0 amide bonds. The molecule has 82 valence electrons. The maximum absolute atomic E-state index is 6.14. The van der Waals surface area contributed by atoms with Crippen LogP contribution >= 0.6 is 23.4 Å². The second-order valence-electron chi connectivity index (χ2n) is 3.17. The smallest absolute Gasteiger partial charge is 0.293 e. The van der Waals surface area contributed by atoms with Crippen molar-refractivity contribution in [2.45, 2.75) is 5.03 Å². The third-order valence-corrected chi connectivity index (χ3v) is 3.41. The van der Waals surface area contributed by atoms with Crippen LogP contribution in [0.15, 0.2) is 41.6 Å². The van der Waals surface area contributed by atoms with Crippen molar-refractivity contribution in [1.82, 2.24) is 5.10 Å². The normalized spacial score (nSPS) is 10.4. The van der Waals surface area contributed by atoms with Crippen LogP contribution in [0.3, 0.4) is 0 Å². The molecule has 2 N–H and O–H groups in total. The van der Waals surface area contributed by atoms with Gasteiger partial charge in [-0.1, -0.05) is 41.6 Å². The molecular formula is C11H11ClN3S+. The fourth-order valence-electron chi connectivity index (χ4n) is 1.37. The van der Waals surface area contributed by atoms with Gasteiger partial charge in [-0.2, -0.15) is 0 Å². The highest BCUT2D eigenvalue weighted by Crippen LogP contribution is 2.26. The van der Waals surface area contributed by atoms with Gasteiger partial charge in [0.15, 0.2) is 0 Å². The minimum Gasteiger partial charge on any atom is -0.396 e. The predicted molar refractivity (Wildman–Crippen MR) is 67.0 cm³/mol. The molecule has 2 rings (SSSR count). The molecule has 0 aliphatic rings. The molecule has 0 aliphatic carbocycles. The molecule has 0 spiro atoms. The van der Waals surface area contributed by atoms with E-state index in [1.807, 2.05) is 36.6 Å². The molecule has 0 saturated carbocycles. The van der Waals surface area contributed by atoms with Crippen molar-refractivity contribution >= 4 is 29.1 Å². The van der Waals surface area contributed by atoms with E-state index >= 15 is 0 Å². The zero-order valence-corrected chi connectivity index (χ0v) is 10.3. The van der Waals surface area contributed by atoms with Crippen LogP contribution in [0.4, 0.5) is 5.69 Å². The van der Waals surface area contributed by atoms with Gasteiger partial charge in [0.05, 0.1) is 5.69 Å². The van der Waals surface area contributed by atoms with Gasteiger partial charge in [-0.3, -0.25) is 0 Å². The number of halogens is 1. The molecule has 0 atom stereocenters. The summed E-state index contributed by atoms with van der Waals surface area (Å²) < 4.78 is 1.78. The average molecular weight is 253 g/mol. The van der Waals surface area contributed by atoms with Gasteiger partial charge in [-0.25, -0.2) is 0 Å². The zero-order valence-electron chi connectivity index (χ0n) is 8.72. The van der Waals surface area contributed by atoms with E-state index in [0.29, 0.717) is 10.7 Å². The molecule has 0 saturated heterocycles. The summed E-state index contributed by atoms with van der Waals surface area (Å²) in [5, 5.41) is 5.65. The van der Waals surface area contributed by atoms with Crippen LogP contribution in [0, 0.1) is 0 Å². The van der Waals surface area contributed by atoms with Crippen molar-refractivity contribution in [3.8, 4) is 5.69 Å². The number of rotatable bonds is 2. The van der Waals surface area contributed by atoms with Crippen LogP contribution in [-0.2, 0) is 0 Å². The van der Waals surface area contributed by atoms with Crippen LogP contribution in [0.5, 0.6) is 0 Å². The number of aromatic nitrogens is 2. The van der Waals surface area contributed by atoms with E-state index in [4.69, 9.17) is 17.3 Å². The molecule has 16 heavy (non-hydrogen) atoms. The Morgan fingerprint density at radius 2 is 2.00 bits per heavy atom. The lowest BCUT2D eigenvalue weighted by atomic mass is 10.3. The van der Waals surface area contributed by atoms with E-state index < -0.39 is 0 Å². The summed E-state index contributed by atoms with van der Waals surface area (Å²) >= 11 is 7.66. The summed E-state index contributed by atoms with van der Waals surface area (Å²) in [7, 11) is 0. The molecule has 3 nitrogen and oxygen atoms in total. The number of para-hydroxylation sites is 1. The van der Waals surface area contributed by atoms with Gasteiger partial charge in [0.25, 0.3) is 5.03 Å². The number of nitrogens with zero attached hydrogens (tertiary/aromatic N) is 2. The first kappa shape index (κ1) is 11.2. The number of benzene rings is 1. The van der Waals surface area contributed by atoms with Crippen LogP contribution in [0.2, 0.25) is 5.02 Å². The lowest BCUT2D eigenvalue weighted by molar-refractivity contribution is -0.697. The minimum absolute atomic E-state index is 0.498. The number of hydrogen-bond acceptors (Lipinski definition) is 3. The highest BCUT2D eigenvalue weighted by atomic mass is 35.5. The standard InChI is InChI=1S/C11H10ClN3S/c1-16-11-10(12)9(13)7-14-15(11)8-5-3-2-4-6-8/h2-7,13H,1H3/p+1. The van der Waals surface area contributed by atoms with Crippen molar-refractivity contribution in [2.24, 2.45) is 0 Å². The summed E-state index contributed by atoms with van der Waals surface area (Å²) in [4.78, 5) is 0. The van der Waals surface area contributed by atoms with E-state index in [9.17, 15) is 0 Å². The topological polar surface area (TPSA) is 42.8 Å². The third-order valence-electron chi connectivity index (χ3n) is 2.14. The summed E-state index contributed by atoms with van der Waals surface area (Å²) in [6.45, 7) is 0. The second-order valence-corrected chi connectivity index (χ2v) is 4.34. The van der Waals surface area contributed by atoms with Gasteiger partial charge in [-0.05, 0) is 10.9 Å². The first-order valence-electron chi connectivity index (χ1n) is 4.69. The number of hydrogen-bond donors (Lipinski definition) is 1. The first-order chi connectivity index (χ1) is 7.74. The monoisotopic (exact) mass is 252 g/mol. The number of anilines is 1. The fourth-order valence-corrected chi connectivity index (χ4v) is 2.36. The van der Waals surface area contributed by atoms with E-state index in [2.05, 4.69) is 5.10 Å². The largest absolute Gasteiger partial charge is 0.396 e. The molecule has 0 fully saturated rings. The molecule has 1 aromatic carbocycles. The first-order valence-corrected chi connectivity index (χ1v) is 6.30.